The van der Waals surface area contributed by atoms with Gasteiger partial charge >= 0.3 is 0 Å². The quantitative estimate of drug-likeness (QED) is 0.768. The van der Waals surface area contributed by atoms with Gasteiger partial charge in [0.05, 0.1) is 5.75 Å². The number of thioether (sulfide) groups is 1. The van der Waals surface area contributed by atoms with Crippen molar-refractivity contribution in [2.24, 2.45) is 11.7 Å². The highest BCUT2D eigenvalue weighted by Gasteiger charge is 2.19. The van der Waals surface area contributed by atoms with Gasteiger partial charge in [0.25, 0.3) is 0 Å². The first kappa shape index (κ1) is 16.3. The van der Waals surface area contributed by atoms with Gasteiger partial charge in [-0.05, 0) is 24.1 Å². The molecule has 2 aromatic rings. The van der Waals surface area contributed by atoms with Crippen molar-refractivity contribution in [1.29, 1.82) is 0 Å². The summed E-state index contributed by atoms with van der Waals surface area (Å²) in [7, 11) is 0. The minimum Gasteiger partial charge on any atom is -0.368 e. The minimum absolute atomic E-state index is 0.0922. The molecule has 5 nitrogen and oxygen atoms in total. The largest absolute Gasteiger partial charge is 0.368 e. The second kappa shape index (κ2) is 7.79. The topological polar surface area (TPSA) is 80.9 Å². The van der Waals surface area contributed by atoms with Crippen LogP contribution in [0.3, 0.4) is 0 Å². The summed E-state index contributed by atoms with van der Waals surface area (Å²) in [4.78, 5) is 21.3. The predicted molar refractivity (Wildman–Crippen MR) is 89.5 cm³/mol. The van der Waals surface area contributed by atoms with E-state index in [2.05, 4.69) is 27.4 Å². The van der Waals surface area contributed by atoms with Gasteiger partial charge in [-0.2, -0.15) is 0 Å². The van der Waals surface area contributed by atoms with Crippen molar-refractivity contribution < 1.29 is 4.79 Å². The molecule has 2 rings (SSSR count). The third-order valence-corrected chi connectivity index (χ3v) is 4.10. The molecule has 6 heteroatoms. The molecule has 0 spiro atoms. The van der Waals surface area contributed by atoms with Crippen molar-refractivity contribution in [3.8, 4) is 0 Å². The Morgan fingerprint density at radius 3 is 2.64 bits per heavy atom. The lowest BCUT2D eigenvalue weighted by Crippen LogP contribution is -2.39. The average molecular weight is 316 g/mol. The number of aromatic nitrogens is 2. The zero-order chi connectivity index (χ0) is 15.9. The minimum atomic E-state index is -0.440. The van der Waals surface area contributed by atoms with E-state index in [-0.39, 0.29) is 11.8 Å². The lowest BCUT2D eigenvalue weighted by molar-refractivity contribution is -0.119. The smallest absolute Gasteiger partial charge is 0.240 e. The van der Waals surface area contributed by atoms with Gasteiger partial charge < -0.3 is 11.1 Å². The molecule has 0 saturated carbocycles. The number of primary amides is 1. The van der Waals surface area contributed by atoms with Crippen LogP contribution in [0.25, 0.3) is 0 Å². The Bertz CT molecular complexity index is 619. The van der Waals surface area contributed by atoms with Crippen molar-refractivity contribution in [1.82, 2.24) is 9.97 Å². The van der Waals surface area contributed by atoms with Crippen molar-refractivity contribution in [3.05, 3.63) is 48.4 Å². The van der Waals surface area contributed by atoms with E-state index in [1.165, 1.54) is 4.90 Å². The summed E-state index contributed by atoms with van der Waals surface area (Å²) in [6.45, 7) is 3.88. The summed E-state index contributed by atoms with van der Waals surface area (Å²) in [5.74, 6) is 1.72. The zero-order valence-electron chi connectivity index (χ0n) is 12.7. The second-order valence-corrected chi connectivity index (χ2v) is 6.28. The van der Waals surface area contributed by atoms with Gasteiger partial charge in [0, 0.05) is 11.1 Å². The van der Waals surface area contributed by atoms with E-state index in [9.17, 15) is 4.79 Å². The summed E-state index contributed by atoms with van der Waals surface area (Å²) in [6, 6.07) is 11.4. The Morgan fingerprint density at radius 1 is 1.27 bits per heavy atom. The molecule has 0 radical (unpaired) electrons. The van der Waals surface area contributed by atoms with Crippen LogP contribution < -0.4 is 11.1 Å². The van der Waals surface area contributed by atoms with Crippen LogP contribution in [0.1, 0.15) is 19.7 Å². The molecular formula is C16H20N4OS. The second-order valence-electron chi connectivity index (χ2n) is 5.23. The molecule has 0 aliphatic heterocycles. The van der Waals surface area contributed by atoms with Gasteiger partial charge in [-0.3, -0.25) is 4.79 Å². The van der Waals surface area contributed by atoms with Crippen LogP contribution in [0, 0.1) is 5.92 Å². The van der Waals surface area contributed by atoms with Crippen molar-refractivity contribution in [2.75, 3.05) is 5.32 Å². The summed E-state index contributed by atoms with van der Waals surface area (Å²) < 4.78 is 0. The SMILES string of the molecule is CC(C)C(Nc1ccnc(CSc2ccccc2)n1)C(N)=O. The van der Waals surface area contributed by atoms with Gasteiger partial charge in [-0.15, -0.1) is 11.8 Å². The lowest BCUT2D eigenvalue weighted by atomic mass is 10.0. The summed E-state index contributed by atoms with van der Waals surface area (Å²) in [6.07, 6.45) is 1.69. The molecule has 0 saturated heterocycles. The highest BCUT2D eigenvalue weighted by molar-refractivity contribution is 7.98. The fourth-order valence-corrected chi connectivity index (χ4v) is 2.72. The molecule has 0 fully saturated rings. The molecule has 1 atom stereocenters. The van der Waals surface area contributed by atoms with Gasteiger partial charge in [-0.25, -0.2) is 9.97 Å². The van der Waals surface area contributed by atoms with Gasteiger partial charge in [0.1, 0.15) is 17.7 Å². The van der Waals surface area contributed by atoms with Crippen LogP contribution in [0.5, 0.6) is 0 Å². The maximum absolute atomic E-state index is 11.5. The number of benzene rings is 1. The molecule has 0 aliphatic rings. The standard InChI is InChI=1S/C16H20N4OS/c1-11(2)15(16(17)21)20-13-8-9-18-14(19-13)10-22-12-6-4-3-5-7-12/h3-9,11,15H,10H2,1-2H3,(H2,17,21)(H,18,19,20). The number of anilines is 1. The molecule has 1 unspecified atom stereocenters. The van der Waals surface area contributed by atoms with E-state index in [4.69, 9.17) is 5.73 Å². The fourth-order valence-electron chi connectivity index (χ4n) is 1.94. The Labute approximate surface area is 134 Å². The summed E-state index contributed by atoms with van der Waals surface area (Å²) >= 11 is 1.67. The first-order chi connectivity index (χ1) is 10.6. The molecule has 1 aromatic heterocycles. The first-order valence-corrected chi connectivity index (χ1v) is 8.10. The Kier molecular flexibility index (Phi) is 5.77. The third-order valence-electron chi connectivity index (χ3n) is 3.09. The van der Waals surface area contributed by atoms with Gasteiger partial charge in [0.15, 0.2) is 0 Å². The van der Waals surface area contributed by atoms with Crippen LogP contribution in [-0.4, -0.2) is 21.9 Å². The highest BCUT2D eigenvalue weighted by Crippen LogP contribution is 2.21. The summed E-state index contributed by atoms with van der Waals surface area (Å²) in [5.41, 5.74) is 5.41. The van der Waals surface area contributed by atoms with E-state index in [1.54, 1.807) is 24.0 Å². The van der Waals surface area contributed by atoms with Crippen LogP contribution in [0.4, 0.5) is 5.82 Å². The number of rotatable bonds is 7. The van der Waals surface area contributed by atoms with Crippen LogP contribution in [0.2, 0.25) is 0 Å². The molecule has 0 bridgehead atoms. The third kappa shape index (κ3) is 4.73. The van der Waals surface area contributed by atoms with Crippen molar-refractivity contribution >= 4 is 23.5 Å². The predicted octanol–water partition coefficient (Wildman–Crippen LogP) is 2.69. The number of hydrogen-bond donors (Lipinski definition) is 2. The van der Waals surface area contributed by atoms with Gasteiger partial charge in [-0.1, -0.05) is 32.0 Å². The Hall–Kier alpha value is -2.08. The molecular weight excluding hydrogens is 296 g/mol. The molecule has 3 N–H and O–H groups in total. The molecule has 1 amide bonds. The van der Waals surface area contributed by atoms with Crippen molar-refractivity contribution in [3.63, 3.8) is 0 Å². The number of carbonyl (C=O) groups is 1. The number of amides is 1. The lowest BCUT2D eigenvalue weighted by Gasteiger charge is -2.19. The monoisotopic (exact) mass is 316 g/mol. The number of hydrogen-bond acceptors (Lipinski definition) is 5. The van der Waals surface area contributed by atoms with E-state index < -0.39 is 6.04 Å². The molecule has 116 valence electrons. The molecule has 1 heterocycles. The maximum Gasteiger partial charge on any atom is 0.240 e. The Morgan fingerprint density at radius 2 is 2.00 bits per heavy atom. The van der Waals surface area contributed by atoms with E-state index >= 15 is 0 Å². The number of nitrogens with two attached hydrogens (primary N) is 1. The number of nitrogens with one attached hydrogen (secondary N) is 1. The van der Waals surface area contributed by atoms with E-state index in [0.29, 0.717) is 17.4 Å². The van der Waals surface area contributed by atoms with Crippen molar-refractivity contribution in [2.45, 2.75) is 30.5 Å². The molecule has 0 aliphatic carbocycles. The molecule has 1 aromatic carbocycles. The average Bonchev–Trinajstić information content (AvgIpc) is 2.51. The van der Waals surface area contributed by atoms with Crippen LogP contribution >= 0.6 is 11.8 Å². The number of carbonyl (C=O) groups excluding carboxylic acids is 1. The molecule has 22 heavy (non-hydrogen) atoms. The van der Waals surface area contributed by atoms with Crippen LogP contribution in [-0.2, 0) is 10.5 Å². The normalized spacial score (nSPS) is 12.1. The maximum atomic E-state index is 11.5. The highest BCUT2D eigenvalue weighted by atomic mass is 32.2. The van der Waals surface area contributed by atoms with E-state index in [1.807, 2.05) is 32.0 Å². The zero-order valence-corrected chi connectivity index (χ0v) is 13.5. The van der Waals surface area contributed by atoms with Crippen LogP contribution in [0.15, 0.2) is 47.5 Å². The van der Waals surface area contributed by atoms with Gasteiger partial charge in [0.2, 0.25) is 5.91 Å². The fraction of sp³-hybridized carbons (Fsp3) is 0.312. The summed E-state index contributed by atoms with van der Waals surface area (Å²) in [5, 5.41) is 3.08. The Balaban J connectivity index is 2.02. The first-order valence-electron chi connectivity index (χ1n) is 7.12. The van der Waals surface area contributed by atoms with E-state index in [0.717, 1.165) is 0 Å². The number of nitrogens with zero attached hydrogens (tertiary/aromatic N) is 2.